The van der Waals surface area contributed by atoms with Crippen LogP contribution in [-0.2, 0) is 22.6 Å². The first kappa shape index (κ1) is 29.4. The van der Waals surface area contributed by atoms with Gasteiger partial charge in [-0.05, 0) is 77.7 Å². The Morgan fingerprint density at radius 1 is 1.16 bits per heavy atom. The molecule has 0 bridgehead atoms. The zero-order valence-corrected chi connectivity index (χ0v) is 23.4. The summed E-state index contributed by atoms with van der Waals surface area (Å²) >= 11 is 2.23. The number of benzene rings is 2. The number of carbonyl (C=O) groups excluding carboxylic acids is 2. The third-order valence-electron chi connectivity index (χ3n) is 6.53. The number of nitrogens with zero attached hydrogens (tertiary/aromatic N) is 2. The molecule has 1 fully saturated rings. The van der Waals surface area contributed by atoms with Crippen LogP contribution in [0.3, 0.4) is 0 Å². The number of piperazine rings is 1. The van der Waals surface area contributed by atoms with E-state index >= 15 is 0 Å². The van der Waals surface area contributed by atoms with Crippen molar-refractivity contribution >= 4 is 34.4 Å². The number of nitrogens with one attached hydrogen (secondary N) is 2. The van der Waals surface area contributed by atoms with Crippen molar-refractivity contribution in [3.63, 3.8) is 0 Å². The van der Waals surface area contributed by atoms with Crippen LogP contribution in [0.4, 0.5) is 8.78 Å². The third kappa shape index (κ3) is 8.98. The van der Waals surface area contributed by atoms with Crippen LogP contribution in [0.5, 0.6) is 0 Å². The number of hydrogen-bond donors (Lipinski definition) is 3. The SMILES string of the molecule is CC[C@H]1CN(CC(=O)N[C@@H](Cc2cc(F)cc(F)c2)[C@@H](O)CNCc2cccc(I)c2)CC(=O)N1CC. The van der Waals surface area contributed by atoms with E-state index in [1.54, 1.807) is 4.90 Å². The summed E-state index contributed by atoms with van der Waals surface area (Å²) in [5.74, 6) is -1.81. The lowest BCUT2D eigenvalue weighted by atomic mass is 10.0. The van der Waals surface area contributed by atoms with Crippen molar-refractivity contribution < 1.29 is 23.5 Å². The third-order valence-corrected chi connectivity index (χ3v) is 7.20. The molecule has 0 aliphatic carbocycles. The molecule has 202 valence electrons. The smallest absolute Gasteiger partial charge is 0.237 e. The zero-order valence-electron chi connectivity index (χ0n) is 21.2. The fourth-order valence-electron chi connectivity index (χ4n) is 4.73. The predicted octanol–water partition coefficient (Wildman–Crippen LogP) is 2.69. The Morgan fingerprint density at radius 3 is 2.54 bits per heavy atom. The Balaban J connectivity index is 1.65. The summed E-state index contributed by atoms with van der Waals surface area (Å²) in [5, 5.41) is 17.0. The summed E-state index contributed by atoms with van der Waals surface area (Å²) in [6.07, 6.45) is -0.178. The Hall–Kier alpha value is -2.15. The minimum absolute atomic E-state index is 0.00356. The first-order chi connectivity index (χ1) is 17.7. The molecule has 0 spiro atoms. The molecular formula is C27H35F2IN4O3. The lowest BCUT2D eigenvalue weighted by molar-refractivity contribution is -0.140. The monoisotopic (exact) mass is 628 g/mol. The molecule has 2 amide bonds. The van der Waals surface area contributed by atoms with Crippen LogP contribution in [0.15, 0.2) is 42.5 Å². The van der Waals surface area contributed by atoms with Crippen LogP contribution >= 0.6 is 22.6 Å². The van der Waals surface area contributed by atoms with E-state index in [0.29, 0.717) is 25.2 Å². The van der Waals surface area contributed by atoms with Gasteiger partial charge in [0.15, 0.2) is 0 Å². The normalized spacial score (nSPS) is 18.1. The minimum Gasteiger partial charge on any atom is -0.390 e. The van der Waals surface area contributed by atoms with E-state index in [1.165, 1.54) is 12.1 Å². The average Bonchev–Trinajstić information content (AvgIpc) is 2.82. The number of likely N-dealkylation sites (N-methyl/N-ethyl adjacent to an activating group) is 1. The van der Waals surface area contributed by atoms with E-state index in [2.05, 4.69) is 33.2 Å². The highest BCUT2D eigenvalue weighted by atomic mass is 127. The maximum Gasteiger partial charge on any atom is 0.237 e. The molecule has 1 saturated heterocycles. The van der Waals surface area contributed by atoms with Crippen molar-refractivity contribution in [1.82, 2.24) is 20.4 Å². The summed E-state index contributed by atoms with van der Waals surface area (Å²) in [6.45, 7) is 6.00. The van der Waals surface area contributed by atoms with Gasteiger partial charge in [-0.2, -0.15) is 0 Å². The van der Waals surface area contributed by atoms with Crippen LogP contribution in [0.2, 0.25) is 0 Å². The molecule has 2 aromatic rings. The maximum absolute atomic E-state index is 13.8. The second-order valence-electron chi connectivity index (χ2n) is 9.40. The number of carbonyl (C=O) groups is 2. The number of aliphatic hydroxyl groups is 1. The van der Waals surface area contributed by atoms with Crippen LogP contribution in [-0.4, -0.2) is 77.6 Å². The highest BCUT2D eigenvalue weighted by molar-refractivity contribution is 14.1. The molecule has 3 rings (SSSR count). The first-order valence-electron chi connectivity index (χ1n) is 12.6. The first-order valence-corrected chi connectivity index (χ1v) is 13.7. The van der Waals surface area contributed by atoms with Crippen molar-refractivity contribution in [3.8, 4) is 0 Å². The molecular weight excluding hydrogens is 593 g/mol. The van der Waals surface area contributed by atoms with Crippen molar-refractivity contribution in [2.24, 2.45) is 0 Å². The Labute approximate surface area is 230 Å². The molecule has 3 atom stereocenters. The van der Waals surface area contributed by atoms with Gasteiger partial charge in [-0.3, -0.25) is 14.5 Å². The van der Waals surface area contributed by atoms with Crippen LogP contribution in [0.1, 0.15) is 31.4 Å². The molecule has 3 N–H and O–H groups in total. The quantitative estimate of drug-likeness (QED) is 0.315. The summed E-state index contributed by atoms with van der Waals surface area (Å²) in [5.41, 5.74) is 1.38. The molecule has 1 aliphatic rings. The van der Waals surface area contributed by atoms with Gasteiger partial charge in [-0.15, -0.1) is 0 Å². The standard InChI is InChI=1S/C27H35F2IN4O3/c1-3-23-15-33(17-27(37)34(23)4-2)16-26(36)32-24(11-19-8-20(28)12-21(29)9-19)25(35)14-31-13-18-6-5-7-22(30)10-18/h5-10,12,23-25,31,35H,3-4,11,13-17H2,1-2H3,(H,32,36)/t23-,24-,25-/m0/s1. The minimum atomic E-state index is -1.01. The Bertz CT molecular complexity index is 1050. The van der Waals surface area contributed by atoms with Gasteiger partial charge in [0, 0.05) is 41.9 Å². The van der Waals surface area contributed by atoms with Gasteiger partial charge in [0.2, 0.25) is 11.8 Å². The van der Waals surface area contributed by atoms with Gasteiger partial charge in [0.25, 0.3) is 0 Å². The second kappa shape index (κ2) is 14.1. The van der Waals surface area contributed by atoms with Crippen molar-refractivity contribution in [3.05, 3.63) is 68.8 Å². The molecule has 2 aromatic carbocycles. The van der Waals surface area contributed by atoms with E-state index in [-0.39, 0.29) is 43.9 Å². The van der Waals surface area contributed by atoms with E-state index < -0.39 is 23.8 Å². The zero-order chi connectivity index (χ0) is 26.9. The van der Waals surface area contributed by atoms with E-state index in [1.807, 2.05) is 43.0 Å². The summed E-state index contributed by atoms with van der Waals surface area (Å²) in [7, 11) is 0. The summed E-state index contributed by atoms with van der Waals surface area (Å²) in [4.78, 5) is 29.1. The molecule has 1 aliphatic heterocycles. The van der Waals surface area contributed by atoms with E-state index in [4.69, 9.17) is 0 Å². The van der Waals surface area contributed by atoms with Crippen molar-refractivity contribution in [2.45, 2.75) is 51.4 Å². The molecule has 0 unspecified atom stereocenters. The molecule has 7 nitrogen and oxygen atoms in total. The van der Waals surface area contributed by atoms with Gasteiger partial charge in [0.05, 0.1) is 25.2 Å². The number of hydrogen-bond acceptors (Lipinski definition) is 5. The molecule has 10 heteroatoms. The van der Waals surface area contributed by atoms with Crippen LogP contribution in [0, 0.1) is 15.2 Å². The summed E-state index contributed by atoms with van der Waals surface area (Å²) < 4.78 is 28.7. The number of rotatable bonds is 12. The fourth-order valence-corrected chi connectivity index (χ4v) is 5.33. The van der Waals surface area contributed by atoms with Gasteiger partial charge in [-0.25, -0.2) is 8.78 Å². The highest BCUT2D eigenvalue weighted by Crippen LogP contribution is 2.15. The lowest BCUT2D eigenvalue weighted by Crippen LogP contribution is -2.58. The van der Waals surface area contributed by atoms with E-state index in [0.717, 1.165) is 21.6 Å². The van der Waals surface area contributed by atoms with Gasteiger partial charge in [-0.1, -0.05) is 19.1 Å². The van der Waals surface area contributed by atoms with Gasteiger partial charge < -0.3 is 20.6 Å². The van der Waals surface area contributed by atoms with Gasteiger partial charge >= 0.3 is 0 Å². The predicted molar refractivity (Wildman–Crippen MR) is 147 cm³/mol. The molecule has 37 heavy (non-hydrogen) atoms. The topological polar surface area (TPSA) is 84.9 Å². The second-order valence-corrected chi connectivity index (χ2v) is 10.6. The van der Waals surface area contributed by atoms with E-state index in [9.17, 15) is 23.5 Å². The molecule has 0 saturated carbocycles. The van der Waals surface area contributed by atoms with Crippen molar-refractivity contribution in [1.29, 1.82) is 0 Å². The van der Waals surface area contributed by atoms with Crippen LogP contribution < -0.4 is 10.6 Å². The van der Waals surface area contributed by atoms with Gasteiger partial charge in [0.1, 0.15) is 11.6 Å². The molecule has 0 radical (unpaired) electrons. The van der Waals surface area contributed by atoms with Crippen LogP contribution in [0.25, 0.3) is 0 Å². The summed E-state index contributed by atoms with van der Waals surface area (Å²) in [6, 6.07) is 10.4. The maximum atomic E-state index is 13.8. The largest absolute Gasteiger partial charge is 0.390 e. The molecule has 0 aromatic heterocycles. The Kier molecular flexibility index (Phi) is 11.2. The molecule has 1 heterocycles. The lowest BCUT2D eigenvalue weighted by Gasteiger charge is -2.40. The number of aliphatic hydroxyl groups excluding tert-OH is 1. The average molecular weight is 629 g/mol. The number of amides is 2. The Morgan fingerprint density at radius 2 is 1.89 bits per heavy atom. The fraction of sp³-hybridized carbons (Fsp3) is 0.481. The van der Waals surface area contributed by atoms with Crippen molar-refractivity contribution in [2.75, 3.05) is 32.7 Å². The highest BCUT2D eigenvalue weighted by Gasteiger charge is 2.32. The number of halogens is 3.